The number of hydrogen-bond donors (Lipinski definition) is 0. The molecule has 4 nitrogen and oxygen atoms in total. The summed E-state index contributed by atoms with van der Waals surface area (Å²) >= 11 is 7.58. The molecule has 29 heavy (non-hydrogen) atoms. The van der Waals surface area contributed by atoms with Gasteiger partial charge in [0.15, 0.2) is 5.13 Å². The first-order chi connectivity index (χ1) is 13.4. The Labute approximate surface area is 187 Å². The lowest BCUT2D eigenvalue weighted by Crippen LogP contribution is -2.33. The molecule has 3 rings (SSSR count). The van der Waals surface area contributed by atoms with E-state index >= 15 is 0 Å². The summed E-state index contributed by atoms with van der Waals surface area (Å²) in [5.74, 6) is -0.0777. The maximum atomic E-state index is 13.2. The number of benzene rings is 2. The molecule has 0 bridgehead atoms. The van der Waals surface area contributed by atoms with E-state index in [1.54, 1.807) is 29.2 Å². The molecule has 7 heteroatoms. The number of thiazole rings is 1. The summed E-state index contributed by atoms with van der Waals surface area (Å²) in [5.41, 5.74) is 3.72. The van der Waals surface area contributed by atoms with Gasteiger partial charge in [0.05, 0.1) is 5.69 Å². The van der Waals surface area contributed by atoms with Crippen molar-refractivity contribution in [3.63, 3.8) is 0 Å². The molecule has 0 atom stereocenters. The molecular formula is C22H25Cl2N3OS. The lowest BCUT2D eigenvalue weighted by molar-refractivity contribution is 0.0986. The number of carbonyl (C=O) groups is 1. The van der Waals surface area contributed by atoms with Gasteiger partial charge in [0.25, 0.3) is 5.91 Å². The van der Waals surface area contributed by atoms with E-state index in [1.165, 1.54) is 16.9 Å². The van der Waals surface area contributed by atoms with Crippen LogP contribution in [0.4, 0.5) is 5.13 Å². The SMILES string of the molecule is Cc1ccc(-c2csc(N(CCCN(C)C)C(=O)c3cccc(Cl)c3)n2)cc1.Cl. The van der Waals surface area contributed by atoms with Crippen LogP contribution in [0.5, 0.6) is 0 Å². The summed E-state index contributed by atoms with van der Waals surface area (Å²) < 4.78 is 0. The molecule has 154 valence electrons. The van der Waals surface area contributed by atoms with E-state index < -0.39 is 0 Å². The van der Waals surface area contributed by atoms with E-state index in [2.05, 4.69) is 36.1 Å². The summed E-state index contributed by atoms with van der Waals surface area (Å²) in [6.07, 6.45) is 0.860. The normalized spacial score (nSPS) is 10.7. The van der Waals surface area contributed by atoms with Crippen LogP contribution >= 0.6 is 35.3 Å². The monoisotopic (exact) mass is 449 g/mol. The van der Waals surface area contributed by atoms with Gasteiger partial charge in [0.2, 0.25) is 0 Å². The fourth-order valence-corrected chi connectivity index (χ4v) is 3.90. The number of amides is 1. The van der Waals surface area contributed by atoms with Gasteiger partial charge in [-0.25, -0.2) is 4.98 Å². The molecule has 1 aromatic heterocycles. The van der Waals surface area contributed by atoms with E-state index in [9.17, 15) is 4.79 Å². The first-order valence-electron chi connectivity index (χ1n) is 9.19. The van der Waals surface area contributed by atoms with Crippen molar-refractivity contribution in [2.45, 2.75) is 13.3 Å². The van der Waals surface area contributed by atoms with Gasteiger partial charge in [-0.15, -0.1) is 23.7 Å². The van der Waals surface area contributed by atoms with E-state index in [4.69, 9.17) is 16.6 Å². The molecule has 1 heterocycles. The molecular weight excluding hydrogens is 425 g/mol. The van der Waals surface area contributed by atoms with Crippen molar-refractivity contribution in [1.82, 2.24) is 9.88 Å². The summed E-state index contributed by atoms with van der Waals surface area (Å²) in [6.45, 7) is 3.56. The Kier molecular flexibility index (Phi) is 8.65. The quantitative estimate of drug-likeness (QED) is 0.457. The summed E-state index contributed by atoms with van der Waals surface area (Å²) in [5, 5.41) is 3.27. The van der Waals surface area contributed by atoms with Crippen LogP contribution in [0, 0.1) is 6.92 Å². The predicted octanol–water partition coefficient (Wildman–Crippen LogP) is 5.79. The Balaban J connectivity index is 0.00000300. The summed E-state index contributed by atoms with van der Waals surface area (Å²) in [6, 6.07) is 15.3. The summed E-state index contributed by atoms with van der Waals surface area (Å²) in [4.78, 5) is 21.8. The van der Waals surface area contributed by atoms with Crippen LogP contribution in [-0.2, 0) is 0 Å². The van der Waals surface area contributed by atoms with Gasteiger partial charge in [0, 0.05) is 28.1 Å². The number of aryl methyl sites for hydroxylation is 1. The number of halogens is 2. The number of rotatable bonds is 7. The van der Waals surface area contributed by atoms with Crippen molar-refractivity contribution < 1.29 is 4.79 Å². The molecule has 0 saturated carbocycles. The Hall–Kier alpha value is -1.92. The van der Waals surface area contributed by atoms with Crippen LogP contribution < -0.4 is 4.90 Å². The van der Waals surface area contributed by atoms with Crippen molar-refractivity contribution in [1.29, 1.82) is 0 Å². The second kappa shape index (κ2) is 10.7. The highest BCUT2D eigenvalue weighted by atomic mass is 35.5. The van der Waals surface area contributed by atoms with Gasteiger partial charge in [-0.1, -0.05) is 47.5 Å². The Morgan fingerprint density at radius 1 is 1.10 bits per heavy atom. The average molecular weight is 450 g/mol. The van der Waals surface area contributed by atoms with Gasteiger partial charge in [-0.3, -0.25) is 9.69 Å². The smallest absolute Gasteiger partial charge is 0.260 e. The maximum Gasteiger partial charge on any atom is 0.260 e. The van der Waals surface area contributed by atoms with Crippen LogP contribution in [0.15, 0.2) is 53.9 Å². The van der Waals surface area contributed by atoms with Crippen molar-refractivity contribution in [3.05, 3.63) is 70.1 Å². The number of hydrogen-bond acceptors (Lipinski definition) is 4. The highest BCUT2D eigenvalue weighted by Crippen LogP contribution is 2.29. The van der Waals surface area contributed by atoms with Crippen molar-refractivity contribution >= 4 is 46.4 Å². The van der Waals surface area contributed by atoms with Crippen LogP contribution in [0.1, 0.15) is 22.3 Å². The van der Waals surface area contributed by atoms with Crippen molar-refractivity contribution in [2.75, 3.05) is 32.1 Å². The standard InChI is InChI=1S/C22H24ClN3OS.ClH/c1-16-8-10-17(11-9-16)20-15-28-22(24-20)26(13-5-12-25(2)3)21(27)18-6-4-7-19(23)14-18;/h4,6-11,14-15H,5,12-13H2,1-3H3;1H. The lowest BCUT2D eigenvalue weighted by Gasteiger charge is -2.21. The molecule has 0 fully saturated rings. The molecule has 0 radical (unpaired) electrons. The van der Waals surface area contributed by atoms with E-state index in [0.29, 0.717) is 22.3 Å². The van der Waals surface area contributed by atoms with E-state index in [-0.39, 0.29) is 18.3 Å². The van der Waals surface area contributed by atoms with Crippen LogP contribution in [0.3, 0.4) is 0 Å². The summed E-state index contributed by atoms with van der Waals surface area (Å²) in [7, 11) is 4.06. The number of aromatic nitrogens is 1. The lowest BCUT2D eigenvalue weighted by atomic mass is 10.1. The minimum Gasteiger partial charge on any atom is -0.309 e. The Morgan fingerprint density at radius 3 is 2.48 bits per heavy atom. The molecule has 0 unspecified atom stereocenters. The molecule has 3 aromatic rings. The second-order valence-corrected chi connectivity index (χ2v) is 8.28. The van der Waals surface area contributed by atoms with Crippen LogP contribution in [0.2, 0.25) is 5.02 Å². The maximum absolute atomic E-state index is 13.2. The third-order valence-corrected chi connectivity index (χ3v) is 5.47. The van der Waals surface area contributed by atoms with Crippen molar-refractivity contribution in [2.24, 2.45) is 0 Å². The highest BCUT2D eigenvalue weighted by Gasteiger charge is 2.21. The average Bonchev–Trinajstić information content (AvgIpc) is 3.15. The minimum absolute atomic E-state index is 0. The van der Waals surface area contributed by atoms with Crippen LogP contribution in [-0.4, -0.2) is 43.0 Å². The van der Waals surface area contributed by atoms with Crippen LogP contribution in [0.25, 0.3) is 11.3 Å². The molecule has 0 aliphatic heterocycles. The fourth-order valence-electron chi connectivity index (χ4n) is 2.85. The third kappa shape index (κ3) is 6.28. The zero-order valence-corrected chi connectivity index (χ0v) is 19.2. The van der Waals surface area contributed by atoms with Crippen molar-refractivity contribution in [3.8, 4) is 11.3 Å². The fraction of sp³-hybridized carbons (Fsp3) is 0.273. The first kappa shape index (κ1) is 23.4. The molecule has 1 amide bonds. The molecule has 0 aliphatic rings. The third-order valence-electron chi connectivity index (χ3n) is 4.37. The second-order valence-electron chi connectivity index (χ2n) is 7.01. The topological polar surface area (TPSA) is 36.4 Å². The largest absolute Gasteiger partial charge is 0.309 e. The molecule has 0 spiro atoms. The van der Waals surface area contributed by atoms with Gasteiger partial charge in [0.1, 0.15) is 0 Å². The van der Waals surface area contributed by atoms with E-state index in [0.717, 1.165) is 24.2 Å². The van der Waals surface area contributed by atoms with E-state index in [1.807, 2.05) is 19.5 Å². The molecule has 0 saturated heterocycles. The molecule has 0 N–H and O–H groups in total. The Morgan fingerprint density at radius 2 is 1.83 bits per heavy atom. The number of anilines is 1. The number of nitrogens with zero attached hydrogens (tertiary/aromatic N) is 3. The first-order valence-corrected chi connectivity index (χ1v) is 10.4. The van der Waals surface area contributed by atoms with Gasteiger partial charge >= 0.3 is 0 Å². The molecule has 2 aromatic carbocycles. The zero-order valence-electron chi connectivity index (χ0n) is 16.8. The number of carbonyl (C=O) groups excluding carboxylic acids is 1. The minimum atomic E-state index is -0.0777. The highest BCUT2D eigenvalue weighted by molar-refractivity contribution is 7.14. The van der Waals surface area contributed by atoms with Gasteiger partial charge in [-0.05, 0) is 52.2 Å². The molecule has 0 aliphatic carbocycles. The zero-order chi connectivity index (χ0) is 20.1. The van der Waals surface area contributed by atoms with Gasteiger partial charge < -0.3 is 4.90 Å². The van der Waals surface area contributed by atoms with Gasteiger partial charge in [-0.2, -0.15) is 0 Å². The Bertz CT molecular complexity index is 941. The predicted molar refractivity (Wildman–Crippen MR) is 126 cm³/mol.